The number of nitrogens with zero attached hydrogens (tertiary/aromatic N) is 1. The molecule has 2 aliphatic rings. The lowest BCUT2D eigenvalue weighted by molar-refractivity contribution is -0.167. The molecule has 0 radical (unpaired) electrons. The summed E-state index contributed by atoms with van der Waals surface area (Å²) in [6.45, 7) is 1.60. The van der Waals surface area contributed by atoms with E-state index in [2.05, 4.69) is 6.07 Å². The van der Waals surface area contributed by atoms with Crippen LogP contribution in [0.1, 0.15) is 37.7 Å². The molecule has 0 unspecified atom stereocenters. The van der Waals surface area contributed by atoms with Crippen LogP contribution in [0.3, 0.4) is 0 Å². The number of unbranched alkanes of at least 4 members (excludes halogenated alkanes) is 1. The molecule has 2 aromatic carbocycles. The van der Waals surface area contributed by atoms with Crippen LogP contribution >= 0.6 is 23.4 Å². The number of hydrogen-bond donors (Lipinski definition) is 3. The number of benzene rings is 2. The second kappa shape index (κ2) is 13.1. The Morgan fingerprint density at radius 3 is 2.76 bits per heavy atom. The highest BCUT2D eigenvalue weighted by Gasteiger charge is 2.45. The fourth-order valence-corrected chi connectivity index (χ4v) is 6.46. The average molecular weight is 563 g/mol. The van der Waals surface area contributed by atoms with Crippen molar-refractivity contribution in [1.29, 1.82) is 0 Å². The van der Waals surface area contributed by atoms with Gasteiger partial charge in [0.25, 0.3) is 0 Å². The van der Waals surface area contributed by atoms with Crippen molar-refractivity contribution in [3.05, 3.63) is 53.1 Å². The monoisotopic (exact) mass is 562 g/mol. The maximum Gasteiger partial charge on any atom is 0.226 e. The van der Waals surface area contributed by atoms with Crippen molar-refractivity contribution >= 4 is 29.3 Å². The van der Waals surface area contributed by atoms with Crippen molar-refractivity contribution < 1.29 is 24.5 Å². The van der Waals surface area contributed by atoms with E-state index < -0.39 is 17.8 Å². The van der Waals surface area contributed by atoms with Gasteiger partial charge in [0.2, 0.25) is 5.91 Å². The molecule has 1 saturated carbocycles. The third-order valence-corrected chi connectivity index (χ3v) is 8.87. The molecular formula is C29H39ClN2O5S. The molecule has 2 fully saturated rings. The van der Waals surface area contributed by atoms with Crippen LogP contribution in [0.2, 0.25) is 5.02 Å². The summed E-state index contributed by atoms with van der Waals surface area (Å²) < 4.78 is 11.5. The highest BCUT2D eigenvalue weighted by molar-refractivity contribution is 7.98. The van der Waals surface area contributed by atoms with Crippen LogP contribution in [0.5, 0.6) is 0 Å². The number of amides is 1. The topological polar surface area (TPSA) is 105 Å². The third-order valence-electron chi connectivity index (χ3n) is 7.83. The predicted molar refractivity (Wildman–Crippen MR) is 151 cm³/mol. The van der Waals surface area contributed by atoms with E-state index in [0.29, 0.717) is 56.0 Å². The summed E-state index contributed by atoms with van der Waals surface area (Å²) in [5, 5.41) is 23.2. The zero-order valence-corrected chi connectivity index (χ0v) is 23.7. The predicted octanol–water partition coefficient (Wildman–Crippen LogP) is 4.06. The van der Waals surface area contributed by atoms with Gasteiger partial charge in [-0.25, -0.2) is 0 Å². The van der Waals surface area contributed by atoms with Gasteiger partial charge in [-0.3, -0.25) is 4.79 Å². The molecule has 1 saturated heterocycles. The van der Waals surface area contributed by atoms with Gasteiger partial charge in [0, 0.05) is 47.7 Å². The molecule has 4 rings (SSSR count). The molecule has 1 aliphatic heterocycles. The fraction of sp³-hybridized carbons (Fsp3) is 0.552. The minimum Gasteiger partial charge on any atom is -0.391 e. The molecule has 5 atom stereocenters. The van der Waals surface area contributed by atoms with Gasteiger partial charge < -0.3 is 30.3 Å². The van der Waals surface area contributed by atoms with E-state index in [-0.39, 0.29) is 24.4 Å². The Morgan fingerprint density at radius 1 is 1.26 bits per heavy atom. The Balaban J connectivity index is 1.69. The first kappa shape index (κ1) is 29.3. The van der Waals surface area contributed by atoms with Gasteiger partial charge in [0.05, 0.1) is 19.3 Å². The number of aliphatic hydroxyl groups excluding tert-OH is 1. The molecule has 1 aliphatic carbocycles. The highest BCUT2D eigenvalue weighted by atomic mass is 35.5. The Labute approximate surface area is 234 Å². The van der Waals surface area contributed by atoms with Crippen LogP contribution in [0.15, 0.2) is 47.4 Å². The van der Waals surface area contributed by atoms with Gasteiger partial charge >= 0.3 is 0 Å². The van der Waals surface area contributed by atoms with Crippen molar-refractivity contribution in [1.82, 2.24) is 4.90 Å². The molecule has 0 bridgehead atoms. The normalized spacial score (nSPS) is 25.4. The molecule has 1 amide bonds. The van der Waals surface area contributed by atoms with Gasteiger partial charge in [-0.1, -0.05) is 35.9 Å². The molecule has 4 N–H and O–H groups in total. The average Bonchev–Trinajstić information content (AvgIpc) is 3.28. The van der Waals surface area contributed by atoms with E-state index >= 15 is 0 Å². The van der Waals surface area contributed by atoms with Crippen molar-refractivity contribution in [3.8, 4) is 11.1 Å². The maximum absolute atomic E-state index is 13.4. The summed E-state index contributed by atoms with van der Waals surface area (Å²) in [5.41, 5.74) is 6.98. The van der Waals surface area contributed by atoms with Crippen LogP contribution in [0.25, 0.3) is 11.1 Å². The number of nitrogens with two attached hydrogens (primary N) is 1. The summed E-state index contributed by atoms with van der Waals surface area (Å²) in [6, 6.07) is 13.3. The number of morpholine rings is 1. The molecule has 2 aromatic rings. The van der Waals surface area contributed by atoms with Crippen LogP contribution in [0, 0.1) is 5.92 Å². The van der Waals surface area contributed by atoms with Crippen molar-refractivity contribution in [2.45, 2.75) is 60.9 Å². The molecule has 0 aromatic heterocycles. The molecular weight excluding hydrogens is 524 g/mol. The molecule has 38 heavy (non-hydrogen) atoms. The highest BCUT2D eigenvalue weighted by Crippen LogP contribution is 2.43. The SMILES string of the molecule is COCCCC[C@@](O)(c1cccc(Cl)c1-c1cccc(SC)c1)[C@H]1CN(C(=O)[C@H]2C[C@@H](N)[C@@H](O)C2)CCO1. The van der Waals surface area contributed by atoms with E-state index in [1.807, 2.05) is 42.7 Å². The number of thioether (sulfide) groups is 1. The lowest BCUT2D eigenvalue weighted by Crippen LogP contribution is -2.55. The van der Waals surface area contributed by atoms with Crippen LogP contribution < -0.4 is 5.73 Å². The van der Waals surface area contributed by atoms with Gasteiger partial charge in [-0.15, -0.1) is 11.8 Å². The number of hydrogen-bond acceptors (Lipinski definition) is 7. The number of aliphatic hydroxyl groups is 2. The first-order chi connectivity index (χ1) is 18.3. The van der Waals surface area contributed by atoms with Crippen molar-refractivity contribution in [2.75, 3.05) is 39.7 Å². The molecule has 9 heteroatoms. The van der Waals surface area contributed by atoms with Gasteiger partial charge in [-0.2, -0.15) is 0 Å². The summed E-state index contributed by atoms with van der Waals surface area (Å²) in [5.74, 6) is -0.351. The van der Waals surface area contributed by atoms with Crippen molar-refractivity contribution in [3.63, 3.8) is 0 Å². The Morgan fingerprint density at radius 2 is 2.05 bits per heavy atom. The van der Waals surface area contributed by atoms with E-state index in [4.69, 9.17) is 26.8 Å². The number of ether oxygens (including phenoxy) is 2. The quantitative estimate of drug-likeness (QED) is 0.296. The zero-order chi connectivity index (χ0) is 27.3. The van der Waals surface area contributed by atoms with Gasteiger partial charge in [0.15, 0.2) is 0 Å². The molecule has 208 valence electrons. The van der Waals surface area contributed by atoms with E-state index in [1.165, 1.54) is 0 Å². The largest absolute Gasteiger partial charge is 0.391 e. The summed E-state index contributed by atoms with van der Waals surface area (Å²) in [4.78, 5) is 16.3. The fourth-order valence-electron chi connectivity index (χ4n) is 5.71. The number of halogens is 1. The van der Waals surface area contributed by atoms with Crippen molar-refractivity contribution in [2.24, 2.45) is 11.7 Å². The van der Waals surface area contributed by atoms with Gasteiger partial charge in [-0.05, 0) is 67.7 Å². The number of carbonyl (C=O) groups is 1. The minimum absolute atomic E-state index is 0.0361. The smallest absolute Gasteiger partial charge is 0.226 e. The summed E-state index contributed by atoms with van der Waals surface area (Å²) in [6.07, 6.45) is 3.46. The first-order valence-corrected chi connectivity index (χ1v) is 14.9. The standard InChI is InChI=1S/C29H39ClN2O5S/c1-36-13-4-3-11-29(35,22-9-6-10-23(30)27(22)19-7-5-8-21(15-19)38-2)26-18-32(12-14-37-26)28(34)20-16-24(31)25(33)17-20/h5-10,15,20,24-26,33,35H,3-4,11-14,16-18,31H2,1-2H3/t20-,24+,25-,26+,29+/m0/s1. The maximum atomic E-state index is 13.4. The second-order valence-electron chi connectivity index (χ2n) is 10.3. The molecule has 1 heterocycles. The second-order valence-corrected chi connectivity index (χ2v) is 11.6. The Hall–Kier alpha value is -1.65. The summed E-state index contributed by atoms with van der Waals surface area (Å²) >= 11 is 8.45. The number of carbonyl (C=O) groups excluding carboxylic acids is 1. The third kappa shape index (κ3) is 6.39. The van der Waals surface area contributed by atoms with Crippen LogP contribution in [0.4, 0.5) is 0 Å². The lowest BCUT2D eigenvalue weighted by Gasteiger charge is -2.44. The molecule has 0 spiro atoms. The van der Waals surface area contributed by atoms with E-state index in [0.717, 1.165) is 22.4 Å². The Kier molecular flexibility index (Phi) is 10.1. The van der Waals surface area contributed by atoms with E-state index in [9.17, 15) is 15.0 Å². The van der Waals surface area contributed by atoms with Crippen LogP contribution in [-0.2, 0) is 19.9 Å². The minimum atomic E-state index is -1.39. The first-order valence-electron chi connectivity index (χ1n) is 13.3. The number of methoxy groups -OCH3 is 1. The number of rotatable bonds is 10. The summed E-state index contributed by atoms with van der Waals surface area (Å²) in [7, 11) is 1.67. The molecule has 7 nitrogen and oxygen atoms in total. The van der Waals surface area contributed by atoms with Crippen LogP contribution in [-0.4, -0.2) is 78.9 Å². The zero-order valence-electron chi connectivity index (χ0n) is 22.1. The Bertz CT molecular complexity index is 1090. The van der Waals surface area contributed by atoms with E-state index in [1.54, 1.807) is 23.8 Å². The lowest BCUT2D eigenvalue weighted by atomic mass is 9.79. The van der Waals surface area contributed by atoms with Gasteiger partial charge in [0.1, 0.15) is 11.7 Å².